The second-order valence-corrected chi connectivity index (χ2v) is 8.12. The number of carbonyl (C=O) groups is 3. The smallest absolute Gasteiger partial charge is 0.337 e. The van der Waals surface area contributed by atoms with Gasteiger partial charge < -0.3 is 31.9 Å². The van der Waals surface area contributed by atoms with Crippen molar-refractivity contribution in [2.24, 2.45) is 11.7 Å². The fourth-order valence-electron chi connectivity index (χ4n) is 3.47. The van der Waals surface area contributed by atoms with Gasteiger partial charge in [-0.15, -0.1) is 0 Å². The molecule has 1 aliphatic heterocycles. The van der Waals surface area contributed by atoms with Crippen LogP contribution in [0.1, 0.15) is 46.0 Å². The van der Waals surface area contributed by atoms with Gasteiger partial charge in [0, 0.05) is 31.4 Å². The summed E-state index contributed by atoms with van der Waals surface area (Å²) in [4.78, 5) is 38.4. The molecule has 29 heavy (non-hydrogen) atoms. The number of piperidine rings is 1. The predicted octanol–water partition coefficient (Wildman–Crippen LogP) is -0.719. The van der Waals surface area contributed by atoms with Crippen LogP contribution >= 0.6 is 12.6 Å². The fourth-order valence-corrected chi connectivity index (χ4v) is 3.60. The molecule has 0 bridgehead atoms. The summed E-state index contributed by atoms with van der Waals surface area (Å²) in [7, 11) is 0. The van der Waals surface area contributed by atoms with Crippen molar-refractivity contribution in [3.05, 3.63) is 0 Å². The number of aliphatic hydroxyl groups is 1. The van der Waals surface area contributed by atoms with E-state index in [4.69, 9.17) is 5.73 Å². The van der Waals surface area contributed by atoms with E-state index in [-0.39, 0.29) is 12.0 Å². The summed E-state index contributed by atoms with van der Waals surface area (Å²) in [5.41, 5.74) is 3.69. The van der Waals surface area contributed by atoms with E-state index in [9.17, 15) is 24.6 Å². The first-order valence-electron chi connectivity index (χ1n) is 10.3. The van der Waals surface area contributed by atoms with Crippen LogP contribution in [0.5, 0.6) is 0 Å². The molecule has 1 heterocycles. The number of nitrogens with two attached hydrogens (primary N) is 1. The van der Waals surface area contributed by atoms with E-state index in [1.807, 2.05) is 13.8 Å². The number of hydrogen-bond acceptors (Lipinski definition) is 8. The summed E-state index contributed by atoms with van der Waals surface area (Å²) in [6, 6.07) is -1.66. The van der Waals surface area contributed by atoms with Gasteiger partial charge in [-0.2, -0.15) is 12.6 Å². The molecule has 0 aromatic carbocycles. The zero-order valence-corrected chi connectivity index (χ0v) is 18.2. The summed E-state index contributed by atoms with van der Waals surface area (Å²) >= 11 is 4.13. The molecule has 0 saturated carbocycles. The van der Waals surface area contributed by atoms with Gasteiger partial charge >= 0.3 is 5.97 Å². The number of carboxylic acid groups (broad SMARTS) is 1. The summed E-state index contributed by atoms with van der Waals surface area (Å²) in [6.07, 6.45) is 2.47. The highest BCUT2D eigenvalue weighted by atomic mass is 32.1. The van der Waals surface area contributed by atoms with Gasteiger partial charge in [0.05, 0.1) is 12.1 Å². The van der Waals surface area contributed by atoms with Crippen LogP contribution in [-0.4, -0.2) is 77.0 Å². The Morgan fingerprint density at radius 1 is 1.34 bits per heavy atom. The first kappa shape index (κ1) is 25.8. The zero-order chi connectivity index (χ0) is 22.0. The van der Waals surface area contributed by atoms with Crippen molar-refractivity contribution in [3.63, 3.8) is 0 Å². The number of carboxylic acids is 1. The number of rotatable bonds is 13. The van der Waals surface area contributed by atoms with E-state index in [1.54, 1.807) is 0 Å². The number of hydrogen-bond donors (Lipinski definition) is 7. The van der Waals surface area contributed by atoms with Crippen LogP contribution < -0.4 is 21.7 Å². The number of aliphatic hydroxyl groups excluding tert-OH is 1. The van der Waals surface area contributed by atoms with Gasteiger partial charge in [-0.05, 0) is 25.3 Å². The quantitative estimate of drug-likeness (QED) is 0.149. The molecule has 1 amide bonds. The third-order valence-electron chi connectivity index (χ3n) is 5.57. The average molecular weight is 433 g/mol. The lowest BCUT2D eigenvalue weighted by Gasteiger charge is -2.36. The van der Waals surface area contributed by atoms with E-state index < -0.39 is 48.3 Å². The van der Waals surface area contributed by atoms with Crippen LogP contribution in [0.2, 0.25) is 0 Å². The highest BCUT2D eigenvalue weighted by Gasteiger charge is 2.50. The SMILES string of the molecule is CC[C@H](C)[C@H](NC[C@@H](N)CS)C(=O)N[C@](CCO)(C(=O)O)C(=O)C1CCCCN1. The van der Waals surface area contributed by atoms with Gasteiger partial charge in [-0.1, -0.05) is 26.7 Å². The van der Waals surface area contributed by atoms with Crippen LogP contribution in [0.4, 0.5) is 0 Å². The molecule has 1 fully saturated rings. The van der Waals surface area contributed by atoms with E-state index in [0.29, 0.717) is 31.7 Å². The Hall–Kier alpha value is -1.20. The second-order valence-electron chi connectivity index (χ2n) is 7.75. The lowest BCUT2D eigenvalue weighted by Crippen LogP contribution is -2.68. The molecule has 0 spiro atoms. The van der Waals surface area contributed by atoms with Crippen molar-refractivity contribution in [2.45, 2.75) is 69.6 Å². The molecule has 7 N–H and O–H groups in total. The monoisotopic (exact) mass is 432 g/mol. The second kappa shape index (κ2) is 12.5. The van der Waals surface area contributed by atoms with Gasteiger partial charge in [0.2, 0.25) is 11.4 Å². The number of carbonyl (C=O) groups excluding carboxylic acids is 2. The van der Waals surface area contributed by atoms with Crippen LogP contribution in [0.3, 0.4) is 0 Å². The summed E-state index contributed by atoms with van der Waals surface area (Å²) in [6.45, 7) is 4.17. The zero-order valence-electron chi connectivity index (χ0n) is 17.3. The van der Waals surface area contributed by atoms with Gasteiger partial charge in [-0.3, -0.25) is 9.59 Å². The Bertz CT molecular complexity index is 559. The Labute approximate surface area is 178 Å². The van der Waals surface area contributed by atoms with Crippen LogP contribution in [0.15, 0.2) is 0 Å². The van der Waals surface area contributed by atoms with Gasteiger partial charge in [0.1, 0.15) is 0 Å². The molecule has 0 aromatic rings. The van der Waals surface area contributed by atoms with Crippen LogP contribution in [0.25, 0.3) is 0 Å². The predicted molar refractivity (Wildman–Crippen MR) is 114 cm³/mol. The Morgan fingerprint density at radius 3 is 2.52 bits per heavy atom. The van der Waals surface area contributed by atoms with Crippen molar-refractivity contribution < 1.29 is 24.6 Å². The fraction of sp³-hybridized carbons (Fsp3) is 0.842. The lowest BCUT2D eigenvalue weighted by molar-refractivity contribution is -0.155. The van der Waals surface area contributed by atoms with Crippen LogP contribution in [0, 0.1) is 5.92 Å². The lowest BCUT2D eigenvalue weighted by atomic mass is 9.82. The van der Waals surface area contributed by atoms with E-state index in [2.05, 4.69) is 28.6 Å². The minimum absolute atomic E-state index is 0.120. The number of aliphatic carboxylic acids is 1. The maximum absolute atomic E-state index is 13.1. The van der Waals surface area contributed by atoms with Gasteiger partial charge in [0.15, 0.2) is 5.78 Å². The minimum atomic E-state index is -2.18. The van der Waals surface area contributed by atoms with E-state index in [0.717, 1.165) is 12.8 Å². The number of nitrogens with one attached hydrogen (secondary N) is 3. The van der Waals surface area contributed by atoms with Crippen molar-refractivity contribution in [3.8, 4) is 0 Å². The molecule has 0 aliphatic carbocycles. The summed E-state index contributed by atoms with van der Waals surface area (Å²) < 4.78 is 0. The average Bonchev–Trinajstić information content (AvgIpc) is 2.72. The molecule has 0 aromatic heterocycles. The van der Waals surface area contributed by atoms with E-state index in [1.165, 1.54) is 0 Å². The van der Waals surface area contributed by atoms with E-state index >= 15 is 0 Å². The first-order valence-corrected chi connectivity index (χ1v) is 10.9. The normalized spacial score (nSPS) is 22.2. The third kappa shape index (κ3) is 6.92. The third-order valence-corrected chi connectivity index (χ3v) is 6.03. The molecule has 10 heteroatoms. The maximum atomic E-state index is 13.1. The Kier molecular flexibility index (Phi) is 11.1. The summed E-state index contributed by atoms with van der Waals surface area (Å²) in [5, 5.41) is 28.0. The Balaban J connectivity index is 3.11. The van der Waals surface area contributed by atoms with Crippen molar-refractivity contribution in [1.82, 2.24) is 16.0 Å². The molecule has 0 radical (unpaired) electrons. The highest BCUT2D eigenvalue weighted by molar-refractivity contribution is 7.80. The van der Waals surface area contributed by atoms with Gasteiger partial charge in [-0.25, -0.2) is 4.79 Å². The molecule has 168 valence electrons. The first-order chi connectivity index (χ1) is 13.7. The standard InChI is InChI=1S/C19H36N4O5S/c1-3-12(2)15(22-10-13(20)11-29)17(26)23-19(7-9-24,18(27)28)16(25)14-6-4-5-8-21-14/h12-15,21-22,24,29H,3-11,20H2,1-2H3,(H,23,26)(H,27,28)/t12-,13+,14?,15-,19-/m0/s1. The molecular weight excluding hydrogens is 396 g/mol. The van der Waals surface area contributed by atoms with Crippen molar-refractivity contribution >= 4 is 30.3 Å². The largest absolute Gasteiger partial charge is 0.479 e. The maximum Gasteiger partial charge on any atom is 0.337 e. The topological polar surface area (TPSA) is 154 Å². The molecule has 9 nitrogen and oxygen atoms in total. The molecule has 1 unspecified atom stereocenters. The van der Waals surface area contributed by atoms with Gasteiger partial charge in [0.25, 0.3) is 0 Å². The minimum Gasteiger partial charge on any atom is -0.479 e. The number of Topliss-reactive ketones (excluding diaryl/α,β-unsaturated/α-hetero) is 1. The molecule has 1 saturated heterocycles. The Morgan fingerprint density at radius 2 is 2.03 bits per heavy atom. The number of thiol groups is 1. The van der Waals surface area contributed by atoms with Crippen LogP contribution in [-0.2, 0) is 14.4 Å². The molecule has 1 aliphatic rings. The highest BCUT2D eigenvalue weighted by Crippen LogP contribution is 2.21. The molecular formula is C19H36N4O5S. The molecule has 1 rings (SSSR count). The van der Waals surface area contributed by atoms with Crippen molar-refractivity contribution in [2.75, 3.05) is 25.4 Å². The molecule has 5 atom stereocenters. The number of ketones is 1. The van der Waals surface area contributed by atoms with Crippen molar-refractivity contribution in [1.29, 1.82) is 0 Å². The summed E-state index contributed by atoms with van der Waals surface area (Å²) in [5.74, 6) is -2.37. The number of amides is 1.